The zero-order valence-electron chi connectivity index (χ0n) is 11.2. The van der Waals surface area contributed by atoms with Crippen LogP contribution in [-0.4, -0.2) is 6.54 Å². The van der Waals surface area contributed by atoms with E-state index < -0.39 is 0 Å². The number of halogens is 1. The molecule has 19 heavy (non-hydrogen) atoms. The maximum atomic E-state index is 6.31. The van der Waals surface area contributed by atoms with Gasteiger partial charge in [0.15, 0.2) is 0 Å². The second-order valence-corrected chi connectivity index (χ2v) is 5.94. The van der Waals surface area contributed by atoms with E-state index in [4.69, 9.17) is 11.6 Å². The van der Waals surface area contributed by atoms with Gasteiger partial charge in [0.25, 0.3) is 0 Å². The fourth-order valence-corrected chi connectivity index (χ4v) is 3.26. The topological polar surface area (TPSA) is 12.0 Å². The second-order valence-electron chi connectivity index (χ2n) is 4.42. The van der Waals surface area contributed by atoms with E-state index >= 15 is 0 Å². The standard InChI is InChI=1S/C16H18ClNS/c1-3-18-11-14-15(17)8-5-9-16(14)19-13-7-4-6-12(2)10-13/h4-10,18H,3,11H2,1-2H3. The minimum absolute atomic E-state index is 0.810. The number of hydrogen-bond acceptors (Lipinski definition) is 2. The van der Waals surface area contributed by atoms with Gasteiger partial charge in [0.1, 0.15) is 0 Å². The van der Waals surface area contributed by atoms with Crippen LogP contribution in [0.1, 0.15) is 18.1 Å². The van der Waals surface area contributed by atoms with Gasteiger partial charge in [0.05, 0.1) is 0 Å². The first-order valence-corrected chi connectivity index (χ1v) is 7.62. The molecule has 2 aromatic rings. The van der Waals surface area contributed by atoms with E-state index in [1.165, 1.54) is 20.9 Å². The van der Waals surface area contributed by atoms with Crippen LogP contribution in [0.3, 0.4) is 0 Å². The van der Waals surface area contributed by atoms with Gasteiger partial charge in [-0.05, 0) is 43.3 Å². The molecule has 1 N–H and O–H groups in total. The Balaban J connectivity index is 2.26. The molecule has 0 atom stereocenters. The van der Waals surface area contributed by atoms with Gasteiger partial charge in [-0.3, -0.25) is 0 Å². The molecule has 3 heteroatoms. The van der Waals surface area contributed by atoms with Crippen LogP contribution < -0.4 is 5.32 Å². The monoisotopic (exact) mass is 291 g/mol. The molecule has 100 valence electrons. The van der Waals surface area contributed by atoms with Crippen molar-refractivity contribution in [3.8, 4) is 0 Å². The SMILES string of the molecule is CCNCc1c(Cl)cccc1Sc1cccc(C)c1. The van der Waals surface area contributed by atoms with Crippen molar-refractivity contribution < 1.29 is 0 Å². The van der Waals surface area contributed by atoms with Gasteiger partial charge in [0, 0.05) is 21.4 Å². The van der Waals surface area contributed by atoms with E-state index in [-0.39, 0.29) is 0 Å². The van der Waals surface area contributed by atoms with Crippen LogP contribution in [0.25, 0.3) is 0 Å². The van der Waals surface area contributed by atoms with Crippen LogP contribution in [0.2, 0.25) is 5.02 Å². The lowest BCUT2D eigenvalue weighted by atomic mass is 10.2. The first-order valence-electron chi connectivity index (χ1n) is 6.43. The largest absolute Gasteiger partial charge is 0.313 e. The number of benzene rings is 2. The summed E-state index contributed by atoms with van der Waals surface area (Å²) in [7, 11) is 0. The third-order valence-corrected chi connectivity index (χ3v) is 4.29. The number of aryl methyl sites for hydroxylation is 1. The molecule has 2 aromatic carbocycles. The van der Waals surface area contributed by atoms with E-state index in [1.54, 1.807) is 11.8 Å². The van der Waals surface area contributed by atoms with Gasteiger partial charge in [-0.25, -0.2) is 0 Å². The maximum absolute atomic E-state index is 6.31. The zero-order valence-corrected chi connectivity index (χ0v) is 12.8. The van der Waals surface area contributed by atoms with Crippen molar-refractivity contribution in [3.63, 3.8) is 0 Å². The van der Waals surface area contributed by atoms with Crippen molar-refractivity contribution in [2.45, 2.75) is 30.2 Å². The Morgan fingerprint density at radius 2 is 1.95 bits per heavy atom. The summed E-state index contributed by atoms with van der Waals surface area (Å²) in [6, 6.07) is 14.6. The third-order valence-electron chi connectivity index (χ3n) is 2.84. The van der Waals surface area contributed by atoms with Crippen molar-refractivity contribution >= 4 is 23.4 Å². The minimum atomic E-state index is 0.810. The van der Waals surface area contributed by atoms with Gasteiger partial charge < -0.3 is 5.32 Å². The van der Waals surface area contributed by atoms with E-state index in [1.807, 2.05) is 12.1 Å². The Hall–Kier alpha value is -0.960. The second kappa shape index (κ2) is 6.99. The van der Waals surface area contributed by atoms with Gasteiger partial charge in [-0.2, -0.15) is 0 Å². The normalized spacial score (nSPS) is 10.7. The average molecular weight is 292 g/mol. The lowest BCUT2D eigenvalue weighted by Crippen LogP contribution is -2.12. The molecular weight excluding hydrogens is 274 g/mol. The van der Waals surface area contributed by atoms with Crippen molar-refractivity contribution in [2.75, 3.05) is 6.54 Å². The quantitative estimate of drug-likeness (QED) is 0.840. The van der Waals surface area contributed by atoms with Crippen molar-refractivity contribution in [3.05, 3.63) is 58.6 Å². The Morgan fingerprint density at radius 1 is 1.16 bits per heavy atom. The van der Waals surface area contributed by atoms with Gasteiger partial charge in [-0.1, -0.05) is 54.0 Å². The predicted octanol–water partition coefficient (Wildman–Crippen LogP) is 4.91. The first kappa shape index (κ1) is 14.4. The molecule has 0 amide bonds. The molecule has 1 nitrogen and oxygen atoms in total. The molecule has 0 spiro atoms. The molecule has 0 bridgehead atoms. The smallest absolute Gasteiger partial charge is 0.0462 e. The first-order chi connectivity index (χ1) is 9.20. The fourth-order valence-electron chi connectivity index (χ4n) is 1.86. The predicted molar refractivity (Wildman–Crippen MR) is 84.1 cm³/mol. The minimum Gasteiger partial charge on any atom is -0.313 e. The summed E-state index contributed by atoms with van der Waals surface area (Å²) < 4.78 is 0. The molecular formula is C16H18ClNS. The Bertz CT molecular complexity index is 554. The molecule has 0 aliphatic rings. The van der Waals surface area contributed by atoms with Gasteiger partial charge >= 0.3 is 0 Å². The third kappa shape index (κ3) is 4.00. The fraction of sp³-hybridized carbons (Fsp3) is 0.250. The highest BCUT2D eigenvalue weighted by Crippen LogP contribution is 2.34. The van der Waals surface area contributed by atoms with Crippen LogP contribution in [-0.2, 0) is 6.54 Å². The Morgan fingerprint density at radius 3 is 2.68 bits per heavy atom. The van der Waals surface area contributed by atoms with E-state index in [0.29, 0.717) is 0 Å². The molecule has 2 rings (SSSR count). The Kier molecular flexibility index (Phi) is 5.32. The van der Waals surface area contributed by atoms with Gasteiger partial charge in [0.2, 0.25) is 0 Å². The Labute approximate surface area is 124 Å². The lowest BCUT2D eigenvalue weighted by Gasteiger charge is -2.11. The highest BCUT2D eigenvalue weighted by molar-refractivity contribution is 7.99. The lowest BCUT2D eigenvalue weighted by molar-refractivity contribution is 0.718. The molecule has 0 aliphatic carbocycles. The average Bonchev–Trinajstić information content (AvgIpc) is 2.38. The number of hydrogen-bond donors (Lipinski definition) is 1. The van der Waals surface area contributed by atoms with Crippen LogP contribution in [0, 0.1) is 6.92 Å². The van der Waals surface area contributed by atoms with Crippen LogP contribution in [0.15, 0.2) is 52.3 Å². The number of rotatable bonds is 5. The summed E-state index contributed by atoms with van der Waals surface area (Å²) in [6.07, 6.45) is 0. The van der Waals surface area contributed by atoms with Crippen molar-refractivity contribution in [2.24, 2.45) is 0 Å². The van der Waals surface area contributed by atoms with E-state index in [2.05, 4.69) is 49.5 Å². The molecule has 0 aromatic heterocycles. The van der Waals surface area contributed by atoms with E-state index in [9.17, 15) is 0 Å². The summed E-state index contributed by atoms with van der Waals surface area (Å²) in [4.78, 5) is 2.47. The molecule has 0 aliphatic heterocycles. The van der Waals surface area contributed by atoms with Gasteiger partial charge in [-0.15, -0.1) is 0 Å². The summed E-state index contributed by atoms with van der Waals surface area (Å²) in [5, 5.41) is 4.18. The summed E-state index contributed by atoms with van der Waals surface area (Å²) in [6.45, 7) is 5.97. The maximum Gasteiger partial charge on any atom is 0.0462 e. The molecule has 0 saturated heterocycles. The molecule has 0 unspecified atom stereocenters. The number of nitrogens with one attached hydrogen (secondary N) is 1. The molecule has 0 heterocycles. The molecule has 0 saturated carbocycles. The van der Waals surface area contributed by atoms with Crippen molar-refractivity contribution in [1.29, 1.82) is 0 Å². The van der Waals surface area contributed by atoms with Crippen molar-refractivity contribution in [1.82, 2.24) is 5.32 Å². The van der Waals surface area contributed by atoms with Crippen LogP contribution >= 0.6 is 23.4 Å². The highest BCUT2D eigenvalue weighted by Gasteiger charge is 2.08. The van der Waals surface area contributed by atoms with Crippen LogP contribution in [0.5, 0.6) is 0 Å². The molecule has 0 fully saturated rings. The van der Waals surface area contributed by atoms with E-state index in [0.717, 1.165) is 18.1 Å². The molecule has 0 radical (unpaired) electrons. The highest BCUT2D eigenvalue weighted by atomic mass is 35.5. The summed E-state index contributed by atoms with van der Waals surface area (Å²) in [5.41, 5.74) is 2.46. The van der Waals surface area contributed by atoms with Crippen LogP contribution in [0.4, 0.5) is 0 Å². The summed E-state index contributed by atoms with van der Waals surface area (Å²) in [5.74, 6) is 0. The zero-order chi connectivity index (χ0) is 13.7. The summed E-state index contributed by atoms with van der Waals surface area (Å²) >= 11 is 8.08.